The number of imidazole rings is 1. The van der Waals surface area contributed by atoms with Crippen molar-refractivity contribution in [3.8, 4) is 5.69 Å². The minimum Gasteiger partial charge on any atom is -0.350 e. The van der Waals surface area contributed by atoms with Crippen LogP contribution < -0.4 is 9.62 Å². The summed E-state index contributed by atoms with van der Waals surface area (Å²) < 4.78 is 27.7. The van der Waals surface area contributed by atoms with E-state index in [1.54, 1.807) is 31.3 Å². The van der Waals surface area contributed by atoms with E-state index in [0.717, 1.165) is 27.6 Å². The number of aryl methyl sites for hydroxylation is 1. The van der Waals surface area contributed by atoms with Crippen LogP contribution in [0.15, 0.2) is 60.9 Å². The third kappa shape index (κ3) is 5.01. The smallest absolute Gasteiger partial charge is 0.243 e. The summed E-state index contributed by atoms with van der Waals surface area (Å²) in [5.41, 5.74) is 2.20. The largest absolute Gasteiger partial charge is 0.350 e. The number of aromatic nitrogens is 2. The maximum atomic E-state index is 12.7. The lowest BCUT2D eigenvalue weighted by Crippen LogP contribution is -2.47. The van der Waals surface area contributed by atoms with E-state index in [4.69, 9.17) is 11.6 Å². The van der Waals surface area contributed by atoms with Gasteiger partial charge in [-0.25, -0.2) is 13.4 Å². The summed E-state index contributed by atoms with van der Waals surface area (Å²) in [4.78, 5) is 16.9. The monoisotopic (exact) mass is 446 g/mol. The van der Waals surface area contributed by atoms with Crippen LogP contribution in [-0.2, 0) is 21.4 Å². The summed E-state index contributed by atoms with van der Waals surface area (Å²) in [5, 5.41) is 3.19. The van der Waals surface area contributed by atoms with E-state index in [-0.39, 0.29) is 6.54 Å². The SMILES string of the molecule is Cc1nccn1-c1ccc(CNC(=O)[C@@H](C)N(c2cccc(Cl)c2)S(C)(=O)=O)cc1. The number of nitrogens with zero attached hydrogens (tertiary/aromatic N) is 3. The molecular formula is C21H23ClN4O3S. The number of halogens is 1. The second kappa shape index (κ2) is 8.89. The maximum Gasteiger partial charge on any atom is 0.243 e. The van der Waals surface area contributed by atoms with Crippen LogP contribution in [0.4, 0.5) is 5.69 Å². The summed E-state index contributed by atoms with van der Waals surface area (Å²) in [6.45, 7) is 3.74. The molecule has 7 nitrogen and oxygen atoms in total. The van der Waals surface area contributed by atoms with Crippen LogP contribution in [-0.4, -0.2) is 36.2 Å². The molecule has 0 unspecified atom stereocenters. The standard InChI is InChI=1S/C21H23ClN4O3S/c1-15(26(30(3,28)29)20-6-4-5-18(22)13-20)21(27)24-14-17-7-9-19(10-8-17)25-12-11-23-16(25)2/h4-13,15H,14H2,1-3H3,(H,24,27)/t15-/m1/s1. The Morgan fingerprint density at radius 2 is 1.93 bits per heavy atom. The molecule has 30 heavy (non-hydrogen) atoms. The van der Waals surface area contributed by atoms with Gasteiger partial charge < -0.3 is 9.88 Å². The third-order valence-electron chi connectivity index (χ3n) is 4.66. The zero-order valence-corrected chi connectivity index (χ0v) is 18.5. The molecule has 3 rings (SSSR count). The number of carbonyl (C=O) groups excluding carboxylic acids is 1. The van der Waals surface area contributed by atoms with Crippen LogP contribution in [0.5, 0.6) is 0 Å². The van der Waals surface area contributed by atoms with E-state index < -0.39 is 22.0 Å². The third-order valence-corrected chi connectivity index (χ3v) is 6.13. The van der Waals surface area contributed by atoms with E-state index in [1.165, 1.54) is 6.07 Å². The van der Waals surface area contributed by atoms with Gasteiger partial charge in [0.05, 0.1) is 11.9 Å². The highest BCUT2D eigenvalue weighted by atomic mass is 35.5. The summed E-state index contributed by atoms with van der Waals surface area (Å²) >= 11 is 6.00. The van der Waals surface area contributed by atoms with Crippen molar-refractivity contribution < 1.29 is 13.2 Å². The van der Waals surface area contributed by atoms with Crippen molar-refractivity contribution in [2.24, 2.45) is 0 Å². The number of carbonyl (C=O) groups is 1. The lowest BCUT2D eigenvalue weighted by atomic mass is 10.2. The molecule has 0 bridgehead atoms. The van der Waals surface area contributed by atoms with E-state index in [0.29, 0.717) is 10.7 Å². The number of amides is 1. The highest BCUT2D eigenvalue weighted by Gasteiger charge is 2.29. The Labute approximate surface area is 181 Å². The highest BCUT2D eigenvalue weighted by Crippen LogP contribution is 2.24. The molecule has 0 saturated heterocycles. The van der Waals surface area contributed by atoms with E-state index in [2.05, 4.69) is 10.3 Å². The van der Waals surface area contributed by atoms with Gasteiger partial charge in [-0.1, -0.05) is 29.8 Å². The van der Waals surface area contributed by atoms with E-state index >= 15 is 0 Å². The van der Waals surface area contributed by atoms with Crippen LogP contribution in [0, 0.1) is 6.92 Å². The summed E-state index contributed by atoms with van der Waals surface area (Å²) in [5.74, 6) is 0.474. The molecule has 0 radical (unpaired) electrons. The summed E-state index contributed by atoms with van der Waals surface area (Å²) in [7, 11) is -3.69. The van der Waals surface area contributed by atoms with Crippen LogP contribution in [0.1, 0.15) is 18.3 Å². The molecule has 1 atom stereocenters. The zero-order chi connectivity index (χ0) is 21.9. The fourth-order valence-electron chi connectivity index (χ4n) is 3.18. The average molecular weight is 447 g/mol. The number of sulfonamides is 1. The molecule has 1 aromatic heterocycles. The van der Waals surface area contributed by atoms with Crippen molar-refractivity contribution >= 4 is 33.2 Å². The van der Waals surface area contributed by atoms with Crippen LogP contribution in [0.2, 0.25) is 5.02 Å². The molecule has 1 heterocycles. The fraction of sp³-hybridized carbons (Fsp3) is 0.238. The number of rotatable bonds is 7. The topological polar surface area (TPSA) is 84.3 Å². The van der Waals surface area contributed by atoms with Crippen LogP contribution in [0.25, 0.3) is 5.69 Å². The number of nitrogens with one attached hydrogen (secondary N) is 1. The average Bonchev–Trinajstić information content (AvgIpc) is 3.11. The minimum atomic E-state index is -3.69. The van der Waals surface area contributed by atoms with Gasteiger partial charge >= 0.3 is 0 Å². The molecule has 1 amide bonds. The highest BCUT2D eigenvalue weighted by molar-refractivity contribution is 7.92. The van der Waals surface area contributed by atoms with Crippen molar-refractivity contribution in [3.05, 3.63) is 77.3 Å². The first kappa shape index (κ1) is 21.9. The molecule has 0 saturated carbocycles. The van der Waals surface area contributed by atoms with Gasteiger partial charge in [0.25, 0.3) is 0 Å². The molecule has 1 N–H and O–H groups in total. The second-order valence-corrected chi connectivity index (χ2v) is 9.24. The molecular weight excluding hydrogens is 424 g/mol. The minimum absolute atomic E-state index is 0.277. The Balaban J connectivity index is 1.70. The van der Waals surface area contributed by atoms with Gasteiger partial charge in [-0.15, -0.1) is 0 Å². The Morgan fingerprint density at radius 1 is 1.23 bits per heavy atom. The molecule has 0 aliphatic carbocycles. The van der Waals surface area contributed by atoms with Gasteiger partial charge in [-0.2, -0.15) is 0 Å². The van der Waals surface area contributed by atoms with Crippen LogP contribution in [0.3, 0.4) is 0 Å². The lowest BCUT2D eigenvalue weighted by Gasteiger charge is -2.28. The van der Waals surface area contributed by atoms with Gasteiger partial charge in [0, 0.05) is 29.6 Å². The fourth-order valence-corrected chi connectivity index (χ4v) is 4.54. The first-order valence-electron chi connectivity index (χ1n) is 9.29. The molecule has 0 spiro atoms. The summed E-state index contributed by atoms with van der Waals surface area (Å²) in [6, 6.07) is 13.2. The quantitative estimate of drug-likeness (QED) is 0.603. The van der Waals surface area contributed by atoms with Gasteiger partial charge in [-0.3, -0.25) is 9.10 Å². The number of benzene rings is 2. The zero-order valence-electron chi connectivity index (χ0n) is 16.9. The van der Waals surface area contributed by atoms with Crippen molar-refractivity contribution in [3.63, 3.8) is 0 Å². The van der Waals surface area contributed by atoms with Crippen molar-refractivity contribution in [2.75, 3.05) is 10.6 Å². The van der Waals surface area contributed by atoms with Gasteiger partial charge in [0.1, 0.15) is 11.9 Å². The van der Waals surface area contributed by atoms with Gasteiger partial charge in [0.2, 0.25) is 15.9 Å². The molecule has 2 aromatic carbocycles. The number of hydrogen-bond acceptors (Lipinski definition) is 4. The maximum absolute atomic E-state index is 12.7. The predicted molar refractivity (Wildman–Crippen MR) is 118 cm³/mol. The van der Waals surface area contributed by atoms with Gasteiger partial charge in [-0.05, 0) is 49.7 Å². The molecule has 158 valence electrons. The van der Waals surface area contributed by atoms with Crippen molar-refractivity contribution in [1.29, 1.82) is 0 Å². The second-order valence-electron chi connectivity index (χ2n) is 6.94. The normalized spacial score (nSPS) is 12.4. The van der Waals surface area contributed by atoms with Crippen molar-refractivity contribution in [2.45, 2.75) is 26.4 Å². The molecule has 0 aliphatic rings. The lowest BCUT2D eigenvalue weighted by molar-refractivity contribution is -0.122. The van der Waals surface area contributed by atoms with E-state index in [9.17, 15) is 13.2 Å². The Hall–Kier alpha value is -2.84. The van der Waals surface area contributed by atoms with Crippen molar-refractivity contribution in [1.82, 2.24) is 14.9 Å². The summed E-state index contributed by atoms with van der Waals surface area (Å²) in [6.07, 6.45) is 4.68. The number of anilines is 1. The van der Waals surface area contributed by atoms with Crippen LogP contribution >= 0.6 is 11.6 Å². The molecule has 0 fully saturated rings. The Kier molecular flexibility index (Phi) is 6.48. The first-order valence-corrected chi connectivity index (χ1v) is 11.5. The molecule has 9 heteroatoms. The molecule has 3 aromatic rings. The van der Waals surface area contributed by atoms with Gasteiger partial charge in [0.15, 0.2) is 0 Å². The molecule has 0 aliphatic heterocycles. The predicted octanol–water partition coefficient (Wildman–Crippen LogP) is 3.31. The first-order chi connectivity index (χ1) is 14.2. The van der Waals surface area contributed by atoms with E-state index in [1.807, 2.05) is 42.0 Å². The Morgan fingerprint density at radius 3 is 2.50 bits per heavy atom. The number of hydrogen-bond donors (Lipinski definition) is 1. The Bertz CT molecular complexity index is 1140.